The predicted molar refractivity (Wildman–Crippen MR) is 75.4 cm³/mol. The van der Waals surface area contributed by atoms with Crippen molar-refractivity contribution in [2.45, 2.75) is 44.2 Å². The summed E-state index contributed by atoms with van der Waals surface area (Å²) in [5, 5.41) is 17.9. The number of carboxylic acids is 2. The lowest BCUT2D eigenvalue weighted by Crippen LogP contribution is -2.46. The third-order valence-electron chi connectivity index (χ3n) is 3.69. The van der Waals surface area contributed by atoms with Gasteiger partial charge in [-0.3, -0.25) is 9.59 Å². The highest BCUT2D eigenvalue weighted by molar-refractivity contribution is 5.76. The molecular formula is C15H19NO5. The highest BCUT2D eigenvalue weighted by atomic mass is 16.5. The standard InChI is InChI=1S/C15H19NO5/c16-14(15(19)20)12(8-13(17)18)21-11-7-3-5-9-4-1-2-6-10(9)11/h3,5,7,12,14H,1-2,4,6,8,16H2,(H,17,18)(H,19,20)/t12?,14-/m0/s1. The molecular weight excluding hydrogens is 274 g/mol. The van der Waals surface area contributed by atoms with Crippen molar-refractivity contribution in [3.63, 3.8) is 0 Å². The minimum Gasteiger partial charge on any atom is -0.487 e. The minimum atomic E-state index is -1.37. The highest BCUT2D eigenvalue weighted by Crippen LogP contribution is 2.30. The van der Waals surface area contributed by atoms with Crippen LogP contribution < -0.4 is 10.5 Å². The maximum atomic E-state index is 11.0. The third-order valence-corrected chi connectivity index (χ3v) is 3.69. The van der Waals surface area contributed by atoms with Gasteiger partial charge in [0, 0.05) is 0 Å². The predicted octanol–water partition coefficient (Wildman–Crippen LogP) is 1.20. The van der Waals surface area contributed by atoms with Crippen molar-refractivity contribution in [2.75, 3.05) is 0 Å². The summed E-state index contributed by atoms with van der Waals surface area (Å²) in [5.74, 6) is -1.86. The molecule has 0 saturated heterocycles. The lowest BCUT2D eigenvalue weighted by Gasteiger charge is -2.25. The van der Waals surface area contributed by atoms with E-state index in [1.807, 2.05) is 12.1 Å². The number of hydrogen-bond donors (Lipinski definition) is 3. The van der Waals surface area contributed by atoms with E-state index < -0.39 is 30.5 Å². The Kier molecular flexibility index (Phi) is 4.80. The molecule has 2 rings (SSSR count). The van der Waals surface area contributed by atoms with E-state index in [0.29, 0.717) is 5.75 Å². The fourth-order valence-electron chi connectivity index (χ4n) is 2.59. The van der Waals surface area contributed by atoms with E-state index in [0.717, 1.165) is 31.2 Å². The Morgan fingerprint density at radius 1 is 1.24 bits per heavy atom. The Morgan fingerprint density at radius 2 is 1.95 bits per heavy atom. The van der Waals surface area contributed by atoms with Gasteiger partial charge in [-0.15, -0.1) is 0 Å². The Hall–Kier alpha value is -2.08. The van der Waals surface area contributed by atoms with Gasteiger partial charge in [-0.05, 0) is 42.9 Å². The first kappa shape index (κ1) is 15.3. The number of nitrogens with two attached hydrogens (primary N) is 1. The van der Waals surface area contributed by atoms with Gasteiger partial charge in [0.2, 0.25) is 0 Å². The summed E-state index contributed by atoms with van der Waals surface area (Å²) >= 11 is 0. The van der Waals surface area contributed by atoms with Gasteiger partial charge in [0.1, 0.15) is 17.9 Å². The summed E-state index contributed by atoms with van der Waals surface area (Å²) in [5.41, 5.74) is 7.76. The molecule has 1 unspecified atom stereocenters. The Labute approximate surface area is 122 Å². The van der Waals surface area contributed by atoms with Crippen LogP contribution in [0.5, 0.6) is 5.75 Å². The monoisotopic (exact) mass is 293 g/mol. The van der Waals surface area contributed by atoms with Crippen LogP contribution in [-0.2, 0) is 22.4 Å². The average Bonchev–Trinajstić information content (AvgIpc) is 2.45. The second-order valence-corrected chi connectivity index (χ2v) is 5.22. The molecule has 6 heteroatoms. The van der Waals surface area contributed by atoms with Gasteiger partial charge in [-0.2, -0.15) is 0 Å². The molecule has 114 valence electrons. The van der Waals surface area contributed by atoms with Gasteiger partial charge < -0.3 is 20.7 Å². The van der Waals surface area contributed by atoms with Crippen molar-refractivity contribution in [1.82, 2.24) is 0 Å². The van der Waals surface area contributed by atoms with Gasteiger partial charge in [0.15, 0.2) is 0 Å². The summed E-state index contributed by atoms with van der Waals surface area (Å²) < 4.78 is 5.66. The quantitative estimate of drug-likeness (QED) is 0.727. The first-order chi connectivity index (χ1) is 9.99. The molecule has 1 aliphatic carbocycles. The first-order valence-electron chi connectivity index (χ1n) is 6.96. The summed E-state index contributed by atoms with van der Waals surface area (Å²) in [6.45, 7) is 0. The second-order valence-electron chi connectivity index (χ2n) is 5.22. The van der Waals surface area contributed by atoms with Crippen LogP contribution in [0.3, 0.4) is 0 Å². The molecule has 1 aromatic carbocycles. The van der Waals surface area contributed by atoms with Crippen molar-refractivity contribution in [2.24, 2.45) is 5.73 Å². The van der Waals surface area contributed by atoms with Crippen LogP contribution in [0, 0.1) is 0 Å². The minimum absolute atomic E-state index is 0.447. The van der Waals surface area contributed by atoms with Crippen LogP contribution >= 0.6 is 0 Å². The number of fused-ring (bicyclic) bond motifs is 1. The molecule has 0 saturated carbocycles. The SMILES string of the molecule is N[C@H](C(=O)O)C(CC(=O)O)Oc1cccc2c1CCCC2. The van der Waals surface area contributed by atoms with Crippen LogP contribution in [0.1, 0.15) is 30.4 Å². The molecule has 0 fully saturated rings. The second kappa shape index (κ2) is 6.58. The molecule has 21 heavy (non-hydrogen) atoms. The van der Waals surface area contributed by atoms with E-state index in [-0.39, 0.29) is 0 Å². The number of carboxylic acid groups (broad SMARTS) is 2. The Morgan fingerprint density at radius 3 is 2.62 bits per heavy atom. The average molecular weight is 293 g/mol. The van der Waals surface area contributed by atoms with Crippen LogP contribution in [0.2, 0.25) is 0 Å². The lowest BCUT2D eigenvalue weighted by atomic mass is 9.91. The smallest absolute Gasteiger partial charge is 0.324 e. The van der Waals surface area contributed by atoms with Gasteiger partial charge >= 0.3 is 11.9 Å². The molecule has 0 bridgehead atoms. The number of aryl methyl sites for hydroxylation is 1. The van der Waals surface area contributed by atoms with Crippen molar-refractivity contribution in [1.29, 1.82) is 0 Å². The molecule has 0 amide bonds. The molecule has 0 aliphatic heterocycles. The van der Waals surface area contributed by atoms with Crippen LogP contribution in [0.4, 0.5) is 0 Å². The number of benzene rings is 1. The van der Waals surface area contributed by atoms with E-state index in [1.165, 1.54) is 5.56 Å². The Bertz CT molecular complexity index is 543. The van der Waals surface area contributed by atoms with Crippen LogP contribution in [-0.4, -0.2) is 34.3 Å². The number of aliphatic carboxylic acids is 2. The molecule has 2 atom stereocenters. The number of rotatable bonds is 6. The van der Waals surface area contributed by atoms with Gasteiger partial charge in [0.05, 0.1) is 6.42 Å². The van der Waals surface area contributed by atoms with Gasteiger partial charge in [-0.1, -0.05) is 12.1 Å². The Balaban J connectivity index is 2.24. The molecule has 0 heterocycles. The fourth-order valence-corrected chi connectivity index (χ4v) is 2.59. The van der Waals surface area contributed by atoms with Gasteiger partial charge in [0.25, 0.3) is 0 Å². The van der Waals surface area contributed by atoms with E-state index >= 15 is 0 Å². The molecule has 0 aromatic heterocycles. The van der Waals surface area contributed by atoms with Gasteiger partial charge in [-0.25, -0.2) is 0 Å². The first-order valence-corrected chi connectivity index (χ1v) is 6.96. The zero-order valence-corrected chi connectivity index (χ0v) is 11.6. The molecule has 4 N–H and O–H groups in total. The maximum absolute atomic E-state index is 11.0. The zero-order valence-electron chi connectivity index (χ0n) is 11.6. The van der Waals surface area contributed by atoms with Crippen molar-refractivity contribution in [3.8, 4) is 5.75 Å². The zero-order chi connectivity index (χ0) is 15.4. The van der Waals surface area contributed by atoms with E-state index in [4.69, 9.17) is 20.7 Å². The molecule has 1 aliphatic rings. The topological polar surface area (TPSA) is 110 Å². The molecule has 6 nitrogen and oxygen atoms in total. The fraction of sp³-hybridized carbons (Fsp3) is 0.467. The van der Waals surface area contributed by atoms with Crippen LogP contribution in [0.15, 0.2) is 18.2 Å². The summed E-state index contributed by atoms with van der Waals surface area (Å²) in [6, 6.07) is 4.22. The lowest BCUT2D eigenvalue weighted by molar-refractivity contribution is -0.143. The summed E-state index contributed by atoms with van der Waals surface area (Å²) in [7, 11) is 0. The van der Waals surface area contributed by atoms with Crippen molar-refractivity contribution >= 4 is 11.9 Å². The van der Waals surface area contributed by atoms with Crippen molar-refractivity contribution < 1.29 is 24.5 Å². The number of carbonyl (C=O) groups is 2. The highest BCUT2D eigenvalue weighted by Gasteiger charge is 2.29. The normalized spacial score (nSPS) is 16.6. The van der Waals surface area contributed by atoms with Crippen molar-refractivity contribution in [3.05, 3.63) is 29.3 Å². The molecule has 0 spiro atoms. The largest absolute Gasteiger partial charge is 0.487 e. The third kappa shape index (κ3) is 3.72. The number of ether oxygens (including phenoxy) is 1. The van der Waals surface area contributed by atoms with E-state index in [9.17, 15) is 9.59 Å². The molecule has 1 aromatic rings. The summed E-state index contributed by atoms with van der Waals surface area (Å²) in [4.78, 5) is 21.9. The van der Waals surface area contributed by atoms with E-state index in [2.05, 4.69) is 0 Å². The summed E-state index contributed by atoms with van der Waals surface area (Å²) in [6.07, 6.45) is 2.44. The van der Waals surface area contributed by atoms with Crippen LogP contribution in [0.25, 0.3) is 0 Å². The molecule has 0 radical (unpaired) electrons. The maximum Gasteiger partial charge on any atom is 0.324 e. The van der Waals surface area contributed by atoms with E-state index in [1.54, 1.807) is 6.07 Å². The number of hydrogen-bond acceptors (Lipinski definition) is 4.